The molecule has 0 saturated carbocycles. The van der Waals surface area contributed by atoms with Gasteiger partial charge in [-0.15, -0.1) is 24.4 Å². The normalized spacial score (nSPS) is 12.1. The highest BCUT2D eigenvalue weighted by atomic mass is 32.2. The maximum Gasteiger partial charge on any atom is 0.105 e. The standard InChI is InChI=1S/C7H14N2S3/c1-5(10)9(3)7(12-4)6(11)8-2/h8,11H,1-4H3/b7-6-. The van der Waals surface area contributed by atoms with Crippen molar-refractivity contribution in [2.75, 3.05) is 20.4 Å². The monoisotopic (exact) mass is 222 g/mol. The molecule has 0 heterocycles. The van der Waals surface area contributed by atoms with Crippen molar-refractivity contribution in [3.63, 3.8) is 0 Å². The third kappa shape index (κ3) is 3.25. The minimum atomic E-state index is 0.834. The molecule has 0 aliphatic carbocycles. The molecule has 0 unspecified atom stereocenters. The number of rotatable bonds is 3. The minimum Gasteiger partial charge on any atom is -0.381 e. The van der Waals surface area contributed by atoms with Crippen molar-refractivity contribution in [1.29, 1.82) is 0 Å². The van der Waals surface area contributed by atoms with E-state index in [1.807, 2.05) is 32.2 Å². The summed E-state index contributed by atoms with van der Waals surface area (Å²) in [5.41, 5.74) is 0. The van der Waals surface area contributed by atoms with E-state index in [9.17, 15) is 0 Å². The molecule has 0 aromatic carbocycles. The van der Waals surface area contributed by atoms with Gasteiger partial charge in [0.15, 0.2) is 0 Å². The smallest absolute Gasteiger partial charge is 0.105 e. The first-order valence-corrected chi connectivity index (χ1v) is 5.51. The molecule has 0 bridgehead atoms. The average Bonchev–Trinajstić information content (AvgIpc) is 2.05. The van der Waals surface area contributed by atoms with Crippen LogP contribution in [0.2, 0.25) is 0 Å². The molecule has 0 rings (SSSR count). The Bertz CT molecular complexity index is 201. The molecule has 0 atom stereocenters. The van der Waals surface area contributed by atoms with E-state index >= 15 is 0 Å². The molecule has 0 fully saturated rings. The second-order valence-electron chi connectivity index (χ2n) is 2.19. The lowest BCUT2D eigenvalue weighted by atomic mass is 10.6. The lowest BCUT2D eigenvalue weighted by Gasteiger charge is -2.21. The number of thiocarbonyl (C=S) groups is 1. The van der Waals surface area contributed by atoms with Crippen LogP contribution in [0.3, 0.4) is 0 Å². The van der Waals surface area contributed by atoms with E-state index < -0.39 is 0 Å². The van der Waals surface area contributed by atoms with Crippen molar-refractivity contribution < 1.29 is 0 Å². The number of hydrogen-bond acceptors (Lipinski definition) is 4. The summed E-state index contributed by atoms with van der Waals surface area (Å²) >= 11 is 10.9. The zero-order valence-corrected chi connectivity index (χ0v) is 10.2. The summed E-state index contributed by atoms with van der Waals surface area (Å²) in [5.74, 6) is 0. The van der Waals surface area contributed by atoms with Crippen LogP contribution in [0.5, 0.6) is 0 Å². The zero-order chi connectivity index (χ0) is 9.72. The van der Waals surface area contributed by atoms with Gasteiger partial charge in [0.2, 0.25) is 0 Å². The molecule has 0 radical (unpaired) electrons. The van der Waals surface area contributed by atoms with Crippen molar-refractivity contribution in [2.24, 2.45) is 0 Å². The Labute approximate surface area is 89.2 Å². The van der Waals surface area contributed by atoms with E-state index in [0.29, 0.717) is 0 Å². The summed E-state index contributed by atoms with van der Waals surface area (Å²) < 4.78 is 0. The van der Waals surface area contributed by atoms with Crippen LogP contribution in [0.15, 0.2) is 10.1 Å². The third-order valence-corrected chi connectivity index (χ3v) is 3.13. The van der Waals surface area contributed by atoms with Crippen LogP contribution in [0, 0.1) is 0 Å². The molecule has 0 aromatic rings. The highest BCUT2D eigenvalue weighted by molar-refractivity contribution is 8.03. The SMILES string of the molecule is CN/C(S)=C(/SC)N(C)C(C)=S. The van der Waals surface area contributed by atoms with Gasteiger partial charge in [-0.3, -0.25) is 0 Å². The first-order valence-electron chi connectivity index (χ1n) is 3.43. The summed E-state index contributed by atoms with van der Waals surface area (Å²) in [6.07, 6.45) is 2.00. The van der Waals surface area contributed by atoms with Crippen LogP contribution >= 0.6 is 36.6 Å². The van der Waals surface area contributed by atoms with Gasteiger partial charge < -0.3 is 10.2 Å². The summed E-state index contributed by atoms with van der Waals surface area (Å²) in [6.45, 7) is 1.89. The maximum atomic E-state index is 5.04. The molecule has 0 amide bonds. The Morgan fingerprint density at radius 2 is 2.08 bits per heavy atom. The van der Waals surface area contributed by atoms with Crippen molar-refractivity contribution in [3.05, 3.63) is 10.1 Å². The van der Waals surface area contributed by atoms with E-state index in [0.717, 1.165) is 15.0 Å². The van der Waals surface area contributed by atoms with Crippen LogP contribution in [-0.2, 0) is 0 Å². The van der Waals surface area contributed by atoms with Gasteiger partial charge in [-0.25, -0.2) is 0 Å². The van der Waals surface area contributed by atoms with Gasteiger partial charge in [-0.1, -0.05) is 12.2 Å². The van der Waals surface area contributed by atoms with E-state index in [1.165, 1.54) is 0 Å². The molecule has 2 nitrogen and oxygen atoms in total. The molecule has 70 valence electrons. The Balaban J connectivity index is 4.66. The quantitative estimate of drug-likeness (QED) is 0.560. The third-order valence-electron chi connectivity index (χ3n) is 1.41. The van der Waals surface area contributed by atoms with Crippen LogP contribution in [-0.4, -0.2) is 30.2 Å². The predicted molar refractivity (Wildman–Crippen MR) is 64.6 cm³/mol. The fourth-order valence-corrected chi connectivity index (χ4v) is 1.92. The number of nitrogens with one attached hydrogen (secondary N) is 1. The molecular formula is C7H14N2S3. The molecule has 12 heavy (non-hydrogen) atoms. The Morgan fingerprint density at radius 3 is 2.33 bits per heavy atom. The topological polar surface area (TPSA) is 15.3 Å². The van der Waals surface area contributed by atoms with Gasteiger partial charge >= 0.3 is 0 Å². The molecule has 0 aliphatic heterocycles. The van der Waals surface area contributed by atoms with Gasteiger partial charge in [-0.2, -0.15) is 0 Å². The number of hydrogen-bond donors (Lipinski definition) is 2. The molecule has 0 spiro atoms. The first kappa shape index (κ1) is 12.1. The number of thioether (sulfide) groups is 1. The van der Waals surface area contributed by atoms with Crippen molar-refractivity contribution in [3.8, 4) is 0 Å². The van der Waals surface area contributed by atoms with Gasteiger partial charge in [0.1, 0.15) is 5.03 Å². The van der Waals surface area contributed by atoms with Crippen LogP contribution in [0.4, 0.5) is 0 Å². The van der Waals surface area contributed by atoms with Gasteiger partial charge in [0.25, 0.3) is 0 Å². The van der Waals surface area contributed by atoms with Crippen molar-refractivity contribution >= 4 is 41.6 Å². The minimum absolute atomic E-state index is 0.834. The number of thiol groups is 1. The maximum absolute atomic E-state index is 5.04. The predicted octanol–water partition coefficient (Wildman–Crippen LogP) is 1.90. The largest absolute Gasteiger partial charge is 0.381 e. The Morgan fingerprint density at radius 1 is 1.58 bits per heavy atom. The molecule has 0 aliphatic rings. The zero-order valence-electron chi connectivity index (χ0n) is 7.71. The highest BCUT2D eigenvalue weighted by Gasteiger charge is 2.08. The first-order chi connectivity index (χ1) is 5.54. The van der Waals surface area contributed by atoms with Crippen LogP contribution in [0.1, 0.15) is 6.92 Å². The van der Waals surface area contributed by atoms with Crippen LogP contribution in [0.25, 0.3) is 0 Å². The molecule has 0 aromatic heterocycles. The average molecular weight is 222 g/mol. The summed E-state index contributed by atoms with van der Waals surface area (Å²) in [7, 11) is 3.77. The molecular weight excluding hydrogens is 208 g/mol. The van der Waals surface area contributed by atoms with Crippen molar-refractivity contribution in [1.82, 2.24) is 10.2 Å². The summed E-state index contributed by atoms with van der Waals surface area (Å²) in [5, 5.41) is 4.85. The van der Waals surface area contributed by atoms with Crippen molar-refractivity contribution in [2.45, 2.75) is 6.92 Å². The molecule has 0 saturated heterocycles. The van der Waals surface area contributed by atoms with E-state index in [-0.39, 0.29) is 0 Å². The Hall–Kier alpha value is 0.130. The van der Waals surface area contributed by atoms with E-state index in [1.54, 1.807) is 11.8 Å². The molecule has 5 heteroatoms. The summed E-state index contributed by atoms with van der Waals surface area (Å²) in [6, 6.07) is 0. The van der Waals surface area contributed by atoms with Crippen LogP contribution < -0.4 is 5.32 Å². The lowest BCUT2D eigenvalue weighted by molar-refractivity contribution is 0.673. The summed E-state index contributed by atoms with van der Waals surface area (Å²) in [4.78, 5) is 2.76. The molecule has 1 N–H and O–H groups in total. The second-order valence-corrected chi connectivity index (χ2v) is 4.02. The lowest BCUT2D eigenvalue weighted by Crippen LogP contribution is -2.22. The van der Waals surface area contributed by atoms with E-state index in [2.05, 4.69) is 17.9 Å². The highest BCUT2D eigenvalue weighted by Crippen LogP contribution is 2.21. The number of nitrogens with zero attached hydrogens (tertiary/aromatic N) is 1. The van der Waals surface area contributed by atoms with Gasteiger partial charge in [0, 0.05) is 14.1 Å². The van der Waals surface area contributed by atoms with Gasteiger partial charge in [-0.05, 0) is 13.2 Å². The Kier molecular flexibility index (Phi) is 5.78. The van der Waals surface area contributed by atoms with E-state index in [4.69, 9.17) is 12.2 Å². The fourth-order valence-electron chi connectivity index (χ4n) is 0.642. The van der Waals surface area contributed by atoms with Gasteiger partial charge in [0.05, 0.1) is 10.0 Å². The fraction of sp³-hybridized carbons (Fsp3) is 0.571. The second kappa shape index (κ2) is 5.72.